The van der Waals surface area contributed by atoms with Gasteiger partial charge in [-0.3, -0.25) is 0 Å². The van der Waals surface area contributed by atoms with Crippen LogP contribution in [-0.4, -0.2) is 34.2 Å². The topological polar surface area (TPSA) is 84.3 Å². The molecule has 1 atom stereocenters. The van der Waals surface area contributed by atoms with E-state index in [0.29, 0.717) is 11.7 Å². The molecular formula is C11H15N3O3. The van der Waals surface area contributed by atoms with Crippen molar-refractivity contribution in [1.82, 2.24) is 9.97 Å². The second-order valence-electron chi connectivity index (χ2n) is 4.15. The largest absolute Gasteiger partial charge is 0.481 e. The lowest BCUT2D eigenvalue weighted by molar-refractivity contribution is -0.138. The second kappa shape index (κ2) is 4.57. The fourth-order valence-corrected chi connectivity index (χ4v) is 1.74. The van der Waals surface area contributed by atoms with Gasteiger partial charge in [0, 0.05) is 0 Å². The number of aromatic nitrogens is 2. The molecule has 1 aromatic heterocycles. The minimum Gasteiger partial charge on any atom is -0.481 e. The molecule has 1 saturated carbocycles. The van der Waals surface area contributed by atoms with E-state index in [0.717, 1.165) is 18.4 Å². The van der Waals surface area contributed by atoms with Crippen molar-refractivity contribution >= 4 is 11.8 Å². The summed E-state index contributed by atoms with van der Waals surface area (Å²) >= 11 is 0. The molecule has 0 aromatic carbocycles. The minimum absolute atomic E-state index is 0.202. The lowest BCUT2D eigenvalue weighted by Crippen LogP contribution is -2.32. The normalized spacial score (nSPS) is 16.4. The highest BCUT2D eigenvalue weighted by Gasteiger charge is 2.36. The van der Waals surface area contributed by atoms with Crippen molar-refractivity contribution in [3.8, 4) is 5.88 Å². The Hall–Kier alpha value is -1.85. The van der Waals surface area contributed by atoms with Crippen LogP contribution in [0.3, 0.4) is 0 Å². The molecule has 1 aromatic rings. The molecule has 6 nitrogen and oxygen atoms in total. The van der Waals surface area contributed by atoms with Gasteiger partial charge in [-0.1, -0.05) is 0 Å². The fourth-order valence-electron chi connectivity index (χ4n) is 1.74. The number of aliphatic carboxylic acids is 1. The standard InChI is InChI=1S/C11H15N3O3/c1-6-9(12-5-13-10(6)17-2)14-8(11(15)16)7-3-4-7/h5,7-8H,3-4H2,1-2H3,(H,15,16)(H,12,13,14). The lowest BCUT2D eigenvalue weighted by Gasteiger charge is -2.16. The molecule has 1 unspecified atom stereocenters. The number of nitrogens with zero attached hydrogens (tertiary/aromatic N) is 2. The van der Waals surface area contributed by atoms with E-state index >= 15 is 0 Å². The predicted octanol–water partition coefficient (Wildman–Crippen LogP) is 1.07. The summed E-state index contributed by atoms with van der Waals surface area (Å²) in [5, 5.41) is 12.1. The van der Waals surface area contributed by atoms with Crippen molar-refractivity contribution in [2.24, 2.45) is 5.92 Å². The van der Waals surface area contributed by atoms with Crippen molar-refractivity contribution < 1.29 is 14.6 Å². The van der Waals surface area contributed by atoms with Crippen LogP contribution in [-0.2, 0) is 4.79 Å². The van der Waals surface area contributed by atoms with Crippen molar-refractivity contribution in [3.63, 3.8) is 0 Å². The average Bonchev–Trinajstić information content (AvgIpc) is 3.11. The van der Waals surface area contributed by atoms with Gasteiger partial charge in [0.2, 0.25) is 5.88 Å². The van der Waals surface area contributed by atoms with Gasteiger partial charge in [-0.05, 0) is 25.7 Å². The summed E-state index contributed by atoms with van der Waals surface area (Å²) in [5.74, 6) is 0.343. The maximum absolute atomic E-state index is 11.1. The maximum atomic E-state index is 11.1. The summed E-state index contributed by atoms with van der Waals surface area (Å²) in [6, 6.07) is -0.576. The molecule has 0 aliphatic heterocycles. The number of carboxylic acids is 1. The van der Waals surface area contributed by atoms with Crippen LogP contribution in [0.15, 0.2) is 6.33 Å². The maximum Gasteiger partial charge on any atom is 0.326 e. The average molecular weight is 237 g/mol. The van der Waals surface area contributed by atoms with Crippen LogP contribution >= 0.6 is 0 Å². The lowest BCUT2D eigenvalue weighted by atomic mass is 10.2. The monoisotopic (exact) mass is 237 g/mol. The molecule has 1 heterocycles. The summed E-state index contributed by atoms with van der Waals surface area (Å²) in [4.78, 5) is 19.1. The first kappa shape index (κ1) is 11.6. The quantitative estimate of drug-likeness (QED) is 0.796. The number of nitrogens with one attached hydrogen (secondary N) is 1. The Labute approximate surface area is 99.0 Å². The molecule has 1 aliphatic carbocycles. The molecule has 6 heteroatoms. The molecule has 0 radical (unpaired) electrons. The minimum atomic E-state index is -0.843. The van der Waals surface area contributed by atoms with Gasteiger partial charge in [0.1, 0.15) is 18.2 Å². The van der Waals surface area contributed by atoms with Crippen LogP contribution in [0.4, 0.5) is 5.82 Å². The molecule has 17 heavy (non-hydrogen) atoms. The SMILES string of the molecule is COc1ncnc(NC(C(=O)O)C2CC2)c1C. The van der Waals surface area contributed by atoms with Crippen LogP contribution in [0.1, 0.15) is 18.4 Å². The predicted molar refractivity (Wildman–Crippen MR) is 61.1 cm³/mol. The van der Waals surface area contributed by atoms with Gasteiger partial charge in [0.25, 0.3) is 0 Å². The third-order valence-corrected chi connectivity index (χ3v) is 2.88. The van der Waals surface area contributed by atoms with Crippen LogP contribution in [0, 0.1) is 12.8 Å². The zero-order chi connectivity index (χ0) is 12.4. The van der Waals surface area contributed by atoms with Gasteiger partial charge in [-0.15, -0.1) is 0 Å². The van der Waals surface area contributed by atoms with Crippen molar-refractivity contribution in [2.75, 3.05) is 12.4 Å². The third-order valence-electron chi connectivity index (χ3n) is 2.88. The Morgan fingerprint density at radius 1 is 1.59 bits per heavy atom. The Kier molecular flexibility index (Phi) is 3.12. The van der Waals surface area contributed by atoms with Gasteiger partial charge in [0.05, 0.1) is 12.7 Å². The summed E-state index contributed by atoms with van der Waals surface area (Å²) < 4.78 is 5.07. The Morgan fingerprint density at radius 3 is 2.82 bits per heavy atom. The Balaban J connectivity index is 2.19. The zero-order valence-electron chi connectivity index (χ0n) is 9.80. The highest BCUT2D eigenvalue weighted by Crippen LogP contribution is 2.35. The van der Waals surface area contributed by atoms with Gasteiger partial charge in [-0.2, -0.15) is 0 Å². The number of hydrogen-bond donors (Lipinski definition) is 2. The van der Waals surface area contributed by atoms with E-state index in [9.17, 15) is 4.79 Å². The van der Waals surface area contributed by atoms with Crippen LogP contribution in [0.25, 0.3) is 0 Å². The van der Waals surface area contributed by atoms with Gasteiger partial charge >= 0.3 is 5.97 Å². The molecule has 2 rings (SSSR count). The first-order valence-corrected chi connectivity index (χ1v) is 5.48. The van der Waals surface area contributed by atoms with Gasteiger partial charge < -0.3 is 15.2 Å². The molecule has 0 spiro atoms. The smallest absolute Gasteiger partial charge is 0.326 e. The molecule has 0 bridgehead atoms. The molecular weight excluding hydrogens is 222 g/mol. The fraction of sp³-hybridized carbons (Fsp3) is 0.545. The number of ether oxygens (including phenoxy) is 1. The highest BCUT2D eigenvalue weighted by molar-refractivity contribution is 5.78. The first-order valence-electron chi connectivity index (χ1n) is 5.48. The molecule has 1 aliphatic rings. The van der Waals surface area contributed by atoms with Gasteiger partial charge in [-0.25, -0.2) is 14.8 Å². The number of methoxy groups -OCH3 is 1. The van der Waals surface area contributed by atoms with E-state index in [1.807, 2.05) is 0 Å². The van der Waals surface area contributed by atoms with Crippen LogP contribution < -0.4 is 10.1 Å². The van der Waals surface area contributed by atoms with E-state index in [1.165, 1.54) is 13.4 Å². The third kappa shape index (κ3) is 2.46. The van der Waals surface area contributed by atoms with E-state index in [4.69, 9.17) is 9.84 Å². The second-order valence-corrected chi connectivity index (χ2v) is 4.15. The number of rotatable bonds is 5. The van der Waals surface area contributed by atoms with Crippen molar-refractivity contribution in [2.45, 2.75) is 25.8 Å². The van der Waals surface area contributed by atoms with E-state index in [2.05, 4.69) is 15.3 Å². The first-order chi connectivity index (χ1) is 8.13. The highest BCUT2D eigenvalue weighted by atomic mass is 16.5. The van der Waals surface area contributed by atoms with E-state index < -0.39 is 12.0 Å². The summed E-state index contributed by atoms with van der Waals surface area (Å²) in [5.41, 5.74) is 0.724. The Morgan fingerprint density at radius 2 is 2.29 bits per heavy atom. The molecule has 2 N–H and O–H groups in total. The molecule has 92 valence electrons. The number of carboxylic acid groups (broad SMARTS) is 1. The van der Waals surface area contributed by atoms with E-state index in [1.54, 1.807) is 6.92 Å². The van der Waals surface area contributed by atoms with Crippen LogP contribution in [0.5, 0.6) is 5.88 Å². The van der Waals surface area contributed by atoms with Crippen LogP contribution in [0.2, 0.25) is 0 Å². The van der Waals surface area contributed by atoms with Crippen molar-refractivity contribution in [1.29, 1.82) is 0 Å². The van der Waals surface area contributed by atoms with E-state index in [-0.39, 0.29) is 5.92 Å². The Bertz CT molecular complexity index is 432. The number of carbonyl (C=O) groups is 1. The number of hydrogen-bond acceptors (Lipinski definition) is 5. The molecule has 0 saturated heterocycles. The zero-order valence-corrected chi connectivity index (χ0v) is 9.80. The molecule has 0 amide bonds. The van der Waals surface area contributed by atoms with Crippen molar-refractivity contribution in [3.05, 3.63) is 11.9 Å². The summed E-state index contributed by atoms with van der Waals surface area (Å²) in [6.45, 7) is 1.80. The summed E-state index contributed by atoms with van der Waals surface area (Å²) in [6.07, 6.45) is 3.26. The number of anilines is 1. The van der Waals surface area contributed by atoms with Gasteiger partial charge in [0.15, 0.2) is 0 Å². The summed E-state index contributed by atoms with van der Waals surface area (Å²) in [7, 11) is 1.52. The molecule has 1 fully saturated rings.